The summed E-state index contributed by atoms with van der Waals surface area (Å²) in [6, 6.07) is 0. The molecule has 0 bridgehead atoms. The number of allylic oxidation sites excluding steroid dienone is 1. The first-order chi connectivity index (χ1) is 5.49. The fourth-order valence-corrected chi connectivity index (χ4v) is 0.580. The molecule has 12 heavy (non-hydrogen) atoms. The molecule has 0 radical (unpaired) electrons. The molecule has 68 valence electrons. The largest absolute Gasteiger partial charge is 0.480 e. The second-order valence-electron chi connectivity index (χ2n) is 2.25. The molecule has 0 heterocycles. The molecule has 0 aliphatic rings. The quantitative estimate of drug-likeness (QED) is 0.520. The molecule has 0 aliphatic carbocycles. The number of rotatable bonds is 4. The minimum Gasteiger partial charge on any atom is -0.480 e. The molecule has 0 saturated carbocycles. The standard InChI is InChI=1S/C7H11NO4/c1-2-4(8)3-5(6(9)10)7(11)12/h3,5H,2,8H2,1H3,(H,9,10)(H,11,12)/b4-3-. The fourth-order valence-electron chi connectivity index (χ4n) is 0.580. The van der Waals surface area contributed by atoms with Crippen LogP contribution in [0.2, 0.25) is 0 Å². The van der Waals surface area contributed by atoms with Crippen molar-refractivity contribution in [1.82, 2.24) is 0 Å². The van der Waals surface area contributed by atoms with Crippen LogP contribution in [0.15, 0.2) is 11.8 Å². The van der Waals surface area contributed by atoms with Crippen LogP contribution in [-0.4, -0.2) is 22.2 Å². The highest BCUT2D eigenvalue weighted by Crippen LogP contribution is 2.03. The van der Waals surface area contributed by atoms with Crippen LogP contribution in [-0.2, 0) is 9.59 Å². The highest BCUT2D eigenvalue weighted by atomic mass is 16.4. The third-order valence-corrected chi connectivity index (χ3v) is 1.32. The lowest BCUT2D eigenvalue weighted by Crippen LogP contribution is -2.22. The monoisotopic (exact) mass is 173 g/mol. The molecule has 0 aromatic heterocycles. The molecule has 5 nitrogen and oxygen atoms in total. The maximum absolute atomic E-state index is 10.3. The van der Waals surface area contributed by atoms with E-state index >= 15 is 0 Å². The van der Waals surface area contributed by atoms with Gasteiger partial charge in [-0.3, -0.25) is 9.59 Å². The van der Waals surface area contributed by atoms with Crippen molar-refractivity contribution in [2.45, 2.75) is 13.3 Å². The molecule has 0 amide bonds. The van der Waals surface area contributed by atoms with E-state index in [0.29, 0.717) is 6.42 Å². The van der Waals surface area contributed by atoms with E-state index in [1.165, 1.54) is 0 Å². The van der Waals surface area contributed by atoms with E-state index in [-0.39, 0.29) is 5.70 Å². The van der Waals surface area contributed by atoms with Gasteiger partial charge in [-0.25, -0.2) is 0 Å². The summed E-state index contributed by atoms with van der Waals surface area (Å²) >= 11 is 0. The zero-order valence-electron chi connectivity index (χ0n) is 6.65. The minimum absolute atomic E-state index is 0.268. The zero-order chi connectivity index (χ0) is 9.72. The van der Waals surface area contributed by atoms with Crippen molar-refractivity contribution in [1.29, 1.82) is 0 Å². The molecule has 0 unspecified atom stereocenters. The molecule has 0 atom stereocenters. The van der Waals surface area contributed by atoms with Gasteiger partial charge in [0.25, 0.3) is 0 Å². The summed E-state index contributed by atoms with van der Waals surface area (Å²) in [7, 11) is 0. The smallest absolute Gasteiger partial charge is 0.321 e. The Bertz CT molecular complexity index is 207. The van der Waals surface area contributed by atoms with Gasteiger partial charge in [0.05, 0.1) is 0 Å². The zero-order valence-corrected chi connectivity index (χ0v) is 6.65. The van der Waals surface area contributed by atoms with Crippen LogP contribution in [0, 0.1) is 5.92 Å². The van der Waals surface area contributed by atoms with Crippen molar-refractivity contribution in [2.75, 3.05) is 0 Å². The van der Waals surface area contributed by atoms with E-state index in [9.17, 15) is 9.59 Å². The highest BCUT2D eigenvalue weighted by molar-refractivity contribution is 5.95. The van der Waals surface area contributed by atoms with E-state index in [1.54, 1.807) is 6.92 Å². The molecular formula is C7H11NO4. The first-order valence-electron chi connectivity index (χ1n) is 3.40. The SMILES string of the molecule is CC/C(N)=C/C(C(=O)O)C(=O)O. The molecule has 0 fully saturated rings. The summed E-state index contributed by atoms with van der Waals surface area (Å²) in [6.07, 6.45) is 1.47. The van der Waals surface area contributed by atoms with Crippen molar-refractivity contribution in [2.24, 2.45) is 11.7 Å². The summed E-state index contributed by atoms with van der Waals surface area (Å²) in [5.74, 6) is -4.34. The normalized spacial score (nSPS) is 11.7. The number of carbonyl (C=O) groups is 2. The summed E-state index contributed by atoms with van der Waals surface area (Å²) in [5, 5.41) is 16.8. The van der Waals surface area contributed by atoms with Gasteiger partial charge in [0.1, 0.15) is 0 Å². The van der Waals surface area contributed by atoms with Gasteiger partial charge in [-0.1, -0.05) is 6.92 Å². The average Bonchev–Trinajstić information content (AvgIpc) is 1.98. The molecule has 0 aromatic carbocycles. The third kappa shape index (κ3) is 3.05. The van der Waals surface area contributed by atoms with E-state index in [1.807, 2.05) is 0 Å². The third-order valence-electron chi connectivity index (χ3n) is 1.32. The van der Waals surface area contributed by atoms with Crippen LogP contribution in [0.25, 0.3) is 0 Å². The molecule has 0 saturated heterocycles. The Balaban J connectivity index is 4.54. The van der Waals surface area contributed by atoms with Crippen LogP contribution in [0.1, 0.15) is 13.3 Å². The number of hydrogen-bond donors (Lipinski definition) is 3. The maximum Gasteiger partial charge on any atom is 0.321 e. The van der Waals surface area contributed by atoms with Gasteiger partial charge in [-0.15, -0.1) is 0 Å². The van der Waals surface area contributed by atoms with Gasteiger partial charge >= 0.3 is 11.9 Å². The second-order valence-corrected chi connectivity index (χ2v) is 2.25. The number of carboxylic acid groups (broad SMARTS) is 2. The Kier molecular flexibility index (Phi) is 3.82. The van der Waals surface area contributed by atoms with Gasteiger partial charge in [-0.05, 0) is 12.5 Å². The van der Waals surface area contributed by atoms with E-state index < -0.39 is 17.9 Å². The molecule has 0 spiro atoms. The van der Waals surface area contributed by atoms with Gasteiger partial charge in [0.15, 0.2) is 5.92 Å². The van der Waals surface area contributed by atoms with Crippen LogP contribution in [0.4, 0.5) is 0 Å². The topological polar surface area (TPSA) is 101 Å². The Morgan fingerprint density at radius 1 is 1.42 bits per heavy atom. The molecule has 5 heteroatoms. The van der Waals surface area contributed by atoms with E-state index in [0.717, 1.165) is 6.08 Å². The Hall–Kier alpha value is -1.52. The summed E-state index contributed by atoms with van der Waals surface area (Å²) in [5.41, 5.74) is 5.55. The van der Waals surface area contributed by atoms with Gasteiger partial charge < -0.3 is 15.9 Å². The van der Waals surface area contributed by atoms with Gasteiger partial charge in [0, 0.05) is 5.70 Å². The summed E-state index contributed by atoms with van der Waals surface area (Å²) in [4.78, 5) is 20.6. The van der Waals surface area contributed by atoms with Crippen molar-refractivity contribution in [3.63, 3.8) is 0 Å². The Morgan fingerprint density at radius 2 is 1.83 bits per heavy atom. The molecular weight excluding hydrogens is 162 g/mol. The van der Waals surface area contributed by atoms with Crippen molar-refractivity contribution >= 4 is 11.9 Å². The lowest BCUT2D eigenvalue weighted by atomic mass is 10.1. The van der Waals surface area contributed by atoms with Crippen LogP contribution >= 0.6 is 0 Å². The molecule has 0 aliphatic heterocycles. The lowest BCUT2D eigenvalue weighted by Gasteiger charge is -2.02. The van der Waals surface area contributed by atoms with Crippen molar-refractivity contribution in [3.05, 3.63) is 11.8 Å². The van der Waals surface area contributed by atoms with Crippen LogP contribution in [0.5, 0.6) is 0 Å². The van der Waals surface area contributed by atoms with Crippen LogP contribution < -0.4 is 5.73 Å². The van der Waals surface area contributed by atoms with Crippen molar-refractivity contribution in [3.8, 4) is 0 Å². The van der Waals surface area contributed by atoms with E-state index in [2.05, 4.69) is 0 Å². The lowest BCUT2D eigenvalue weighted by molar-refractivity contribution is -0.151. The number of nitrogens with two attached hydrogens (primary N) is 1. The first kappa shape index (κ1) is 10.5. The Labute approximate surface area is 69.5 Å². The Morgan fingerprint density at radius 3 is 2.08 bits per heavy atom. The summed E-state index contributed by atoms with van der Waals surface area (Å²) in [6.45, 7) is 1.71. The highest BCUT2D eigenvalue weighted by Gasteiger charge is 2.22. The van der Waals surface area contributed by atoms with E-state index in [4.69, 9.17) is 15.9 Å². The second kappa shape index (κ2) is 4.38. The first-order valence-corrected chi connectivity index (χ1v) is 3.40. The molecule has 0 rings (SSSR count). The van der Waals surface area contributed by atoms with Gasteiger partial charge in [-0.2, -0.15) is 0 Å². The number of aliphatic carboxylic acids is 2. The molecule has 0 aromatic rings. The number of hydrogen-bond acceptors (Lipinski definition) is 3. The predicted molar refractivity (Wildman–Crippen MR) is 41.3 cm³/mol. The number of carboxylic acids is 2. The van der Waals surface area contributed by atoms with Gasteiger partial charge in [0.2, 0.25) is 0 Å². The van der Waals surface area contributed by atoms with Crippen LogP contribution in [0.3, 0.4) is 0 Å². The minimum atomic E-state index is -1.54. The average molecular weight is 173 g/mol. The fraction of sp³-hybridized carbons (Fsp3) is 0.429. The maximum atomic E-state index is 10.3. The molecule has 4 N–H and O–H groups in total. The van der Waals surface area contributed by atoms with Crippen molar-refractivity contribution < 1.29 is 19.8 Å². The predicted octanol–water partition coefficient (Wildman–Crippen LogP) is 0.0244. The summed E-state index contributed by atoms with van der Waals surface area (Å²) < 4.78 is 0.